The lowest BCUT2D eigenvalue weighted by atomic mass is 9.96. The van der Waals surface area contributed by atoms with Crippen LogP contribution in [0.15, 0.2) is 0 Å². The number of hydrogen-bond acceptors (Lipinski definition) is 3. The molecule has 2 fully saturated rings. The first kappa shape index (κ1) is 16.8. The summed E-state index contributed by atoms with van der Waals surface area (Å²) >= 11 is 0. The van der Waals surface area contributed by atoms with E-state index < -0.39 is 0 Å². The van der Waals surface area contributed by atoms with Gasteiger partial charge in [0.05, 0.1) is 6.04 Å². The Labute approximate surface area is 130 Å². The van der Waals surface area contributed by atoms with E-state index in [2.05, 4.69) is 43.2 Å². The van der Waals surface area contributed by atoms with Crippen LogP contribution in [0.4, 0.5) is 0 Å². The second-order valence-corrected chi connectivity index (χ2v) is 6.79. The average Bonchev–Trinajstić information content (AvgIpc) is 2.83. The van der Waals surface area contributed by atoms with Crippen LogP contribution < -0.4 is 10.6 Å². The number of piperidine rings is 1. The smallest absolute Gasteiger partial charge is 0.237 e. The standard InChI is InChI=1S/C17H33N3O/c1-5-13(6-2)19-17(21)12(4)20(7-3)16-10-14-8-9-15(11-16)18-14/h12-16,18H,5-11H2,1-4H3,(H,19,21). The molecule has 0 aromatic carbocycles. The maximum absolute atomic E-state index is 12.5. The summed E-state index contributed by atoms with van der Waals surface area (Å²) in [4.78, 5) is 14.9. The molecule has 0 saturated carbocycles. The molecule has 1 amide bonds. The lowest BCUT2D eigenvalue weighted by molar-refractivity contribution is -0.127. The van der Waals surface area contributed by atoms with Gasteiger partial charge >= 0.3 is 0 Å². The largest absolute Gasteiger partial charge is 0.352 e. The van der Waals surface area contributed by atoms with Crippen LogP contribution in [-0.2, 0) is 4.79 Å². The van der Waals surface area contributed by atoms with E-state index in [1.54, 1.807) is 0 Å². The Bertz CT molecular complexity index is 331. The zero-order valence-electron chi connectivity index (χ0n) is 14.2. The van der Waals surface area contributed by atoms with Crippen molar-refractivity contribution >= 4 is 5.91 Å². The number of nitrogens with one attached hydrogen (secondary N) is 2. The normalized spacial score (nSPS) is 29.9. The van der Waals surface area contributed by atoms with Gasteiger partial charge in [-0.25, -0.2) is 0 Å². The molecule has 21 heavy (non-hydrogen) atoms. The third kappa shape index (κ3) is 3.98. The molecule has 2 aliphatic rings. The maximum Gasteiger partial charge on any atom is 0.237 e. The number of nitrogens with zero attached hydrogens (tertiary/aromatic N) is 1. The Balaban J connectivity index is 1.94. The van der Waals surface area contributed by atoms with Gasteiger partial charge in [-0.3, -0.25) is 9.69 Å². The first-order chi connectivity index (χ1) is 10.1. The van der Waals surface area contributed by atoms with Crippen molar-refractivity contribution in [2.75, 3.05) is 6.54 Å². The van der Waals surface area contributed by atoms with Crippen molar-refractivity contribution in [1.29, 1.82) is 0 Å². The molecule has 4 nitrogen and oxygen atoms in total. The highest BCUT2D eigenvalue weighted by molar-refractivity contribution is 5.81. The zero-order chi connectivity index (χ0) is 15.4. The van der Waals surface area contributed by atoms with Crippen molar-refractivity contribution in [3.05, 3.63) is 0 Å². The third-order valence-corrected chi connectivity index (χ3v) is 5.49. The molecule has 0 spiro atoms. The van der Waals surface area contributed by atoms with Gasteiger partial charge in [0.2, 0.25) is 5.91 Å². The molecule has 0 aliphatic carbocycles. The Morgan fingerprint density at radius 2 is 1.76 bits per heavy atom. The molecular formula is C17H33N3O. The van der Waals surface area contributed by atoms with Crippen molar-refractivity contribution in [1.82, 2.24) is 15.5 Å². The van der Waals surface area contributed by atoms with Gasteiger partial charge in [0, 0.05) is 24.2 Å². The van der Waals surface area contributed by atoms with Gasteiger partial charge in [0.15, 0.2) is 0 Å². The van der Waals surface area contributed by atoms with E-state index in [4.69, 9.17) is 0 Å². The Morgan fingerprint density at radius 3 is 2.24 bits per heavy atom. The lowest BCUT2D eigenvalue weighted by Gasteiger charge is -2.40. The van der Waals surface area contributed by atoms with Crippen LogP contribution >= 0.6 is 0 Å². The minimum atomic E-state index is -0.0156. The second-order valence-electron chi connectivity index (χ2n) is 6.79. The molecule has 2 rings (SSSR count). The third-order valence-electron chi connectivity index (χ3n) is 5.49. The fourth-order valence-corrected chi connectivity index (χ4v) is 4.11. The van der Waals surface area contributed by atoms with E-state index in [9.17, 15) is 4.79 Å². The minimum absolute atomic E-state index is 0.0156. The van der Waals surface area contributed by atoms with Crippen LogP contribution in [0, 0.1) is 0 Å². The van der Waals surface area contributed by atoms with Crippen LogP contribution in [0.1, 0.15) is 66.2 Å². The van der Waals surface area contributed by atoms with Gasteiger partial charge < -0.3 is 10.6 Å². The molecule has 122 valence electrons. The maximum atomic E-state index is 12.5. The van der Waals surface area contributed by atoms with Crippen molar-refractivity contribution < 1.29 is 4.79 Å². The predicted molar refractivity (Wildman–Crippen MR) is 87.3 cm³/mol. The van der Waals surface area contributed by atoms with Gasteiger partial charge in [-0.1, -0.05) is 20.8 Å². The van der Waals surface area contributed by atoms with Gasteiger partial charge in [0.1, 0.15) is 0 Å². The van der Waals surface area contributed by atoms with Crippen molar-refractivity contribution in [3.8, 4) is 0 Å². The number of amides is 1. The highest BCUT2D eigenvalue weighted by atomic mass is 16.2. The van der Waals surface area contributed by atoms with E-state index >= 15 is 0 Å². The quantitative estimate of drug-likeness (QED) is 0.757. The van der Waals surface area contributed by atoms with Crippen LogP contribution in [-0.4, -0.2) is 47.6 Å². The second kappa shape index (κ2) is 7.59. The molecule has 0 radical (unpaired) electrons. The number of carbonyl (C=O) groups is 1. The summed E-state index contributed by atoms with van der Waals surface area (Å²) in [6.45, 7) is 9.50. The first-order valence-electron chi connectivity index (χ1n) is 8.91. The highest BCUT2D eigenvalue weighted by Gasteiger charge is 2.38. The summed E-state index contributed by atoms with van der Waals surface area (Å²) in [5, 5.41) is 6.90. The molecule has 0 aromatic heterocycles. The summed E-state index contributed by atoms with van der Waals surface area (Å²) in [5.74, 6) is 0.205. The summed E-state index contributed by atoms with van der Waals surface area (Å²) in [7, 11) is 0. The van der Waals surface area contributed by atoms with Crippen molar-refractivity contribution in [2.45, 2.75) is 96.4 Å². The number of likely N-dealkylation sites (N-methyl/N-ethyl adjacent to an activating group) is 1. The lowest BCUT2D eigenvalue weighted by Crippen LogP contribution is -2.55. The summed E-state index contributed by atoms with van der Waals surface area (Å²) in [5.41, 5.74) is 0. The Kier molecular flexibility index (Phi) is 6.06. The molecule has 2 N–H and O–H groups in total. The summed E-state index contributed by atoms with van der Waals surface area (Å²) in [6.07, 6.45) is 7.05. The molecule has 2 saturated heterocycles. The SMILES string of the molecule is CCC(CC)NC(=O)C(C)N(CC)C1CC2CCC(C1)N2. The van der Waals surface area contributed by atoms with E-state index in [-0.39, 0.29) is 11.9 Å². The number of rotatable bonds is 7. The van der Waals surface area contributed by atoms with Crippen LogP contribution in [0.2, 0.25) is 0 Å². The molecule has 4 heteroatoms. The fourth-order valence-electron chi connectivity index (χ4n) is 4.11. The van der Waals surface area contributed by atoms with Gasteiger partial charge in [-0.05, 0) is 52.0 Å². The monoisotopic (exact) mass is 295 g/mol. The zero-order valence-corrected chi connectivity index (χ0v) is 14.2. The average molecular weight is 295 g/mol. The van der Waals surface area contributed by atoms with E-state index in [0.717, 1.165) is 19.4 Å². The molecule has 2 aliphatic heterocycles. The van der Waals surface area contributed by atoms with Crippen LogP contribution in [0.3, 0.4) is 0 Å². The molecule has 0 aromatic rings. The Morgan fingerprint density at radius 1 is 1.19 bits per heavy atom. The van der Waals surface area contributed by atoms with E-state index in [0.29, 0.717) is 24.2 Å². The summed E-state index contributed by atoms with van der Waals surface area (Å²) < 4.78 is 0. The van der Waals surface area contributed by atoms with Crippen molar-refractivity contribution in [3.63, 3.8) is 0 Å². The van der Waals surface area contributed by atoms with Gasteiger partial charge in [-0.15, -0.1) is 0 Å². The highest BCUT2D eigenvalue weighted by Crippen LogP contribution is 2.30. The van der Waals surface area contributed by atoms with Gasteiger partial charge in [0.25, 0.3) is 0 Å². The predicted octanol–water partition coefficient (Wildman–Crippen LogP) is 2.28. The first-order valence-corrected chi connectivity index (χ1v) is 8.91. The molecule has 3 unspecified atom stereocenters. The fraction of sp³-hybridized carbons (Fsp3) is 0.941. The topological polar surface area (TPSA) is 44.4 Å². The van der Waals surface area contributed by atoms with E-state index in [1.807, 2.05) is 0 Å². The number of fused-ring (bicyclic) bond motifs is 2. The number of carbonyl (C=O) groups excluding carboxylic acids is 1. The molecular weight excluding hydrogens is 262 g/mol. The van der Waals surface area contributed by atoms with Crippen LogP contribution in [0.5, 0.6) is 0 Å². The molecule has 2 heterocycles. The van der Waals surface area contributed by atoms with E-state index in [1.165, 1.54) is 25.7 Å². The van der Waals surface area contributed by atoms with Gasteiger partial charge in [-0.2, -0.15) is 0 Å². The summed E-state index contributed by atoms with van der Waals surface area (Å²) in [6, 6.07) is 2.23. The Hall–Kier alpha value is -0.610. The molecule has 2 bridgehead atoms. The van der Waals surface area contributed by atoms with Crippen molar-refractivity contribution in [2.24, 2.45) is 0 Å². The minimum Gasteiger partial charge on any atom is -0.352 e. The van der Waals surface area contributed by atoms with Crippen LogP contribution in [0.25, 0.3) is 0 Å². The molecule has 3 atom stereocenters. The number of hydrogen-bond donors (Lipinski definition) is 2.